The summed E-state index contributed by atoms with van der Waals surface area (Å²) < 4.78 is 6.61. The Morgan fingerprint density at radius 2 is 2.22 bits per heavy atom. The van der Waals surface area contributed by atoms with Gasteiger partial charge in [-0.25, -0.2) is 4.79 Å². The van der Waals surface area contributed by atoms with Crippen molar-refractivity contribution in [1.82, 2.24) is 4.57 Å². The summed E-state index contributed by atoms with van der Waals surface area (Å²) in [6, 6.07) is 5.19. The van der Waals surface area contributed by atoms with Crippen molar-refractivity contribution in [2.24, 2.45) is 0 Å². The Morgan fingerprint density at radius 3 is 2.78 bits per heavy atom. The highest BCUT2D eigenvalue weighted by Gasteiger charge is 2.51. The molecule has 1 saturated carbocycles. The molecule has 2 aromatic rings. The molecule has 0 aliphatic heterocycles. The zero-order chi connectivity index (χ0) is 12.9. The second kappa shape index (κ2) is 3.48. The standard InChI is InChI=1S/C13H13NO4/c1-2-14-9-7-8(13(5-6-13)11(15)16)3-4-10(9)18-12(14)17/h3-4,7H,2,5-6H2,1H3,(H,15,16). The zero-order valence-corrected chi connectivity index (χ0v) is 9.97. The van der Waals surface area contributed by atoms with Crippen LogP contribution in [0.25, 0.3) is 11.1 Å². The molecular formula is C13H13NO4. The summed E-state index contributed by atoms with van der Waals surface area (Å²) in [4.78, 5) is 22.8. The number of hydrogen-bond acceptors (Lipinski definition) is 3. The van der Waals surface area contributed by atoms with Crippen LogP contribution in [0.5, 0.6) is 0 Å². The molecule has 1 heterocycles. The van der Waals surface area contributed by atoms with Crippen molar-refractivity contribution >= 4 is 17.1 Å². The van der Waals surface area contributed by atoms with Gasteiger partial charge in [-0.3, -0.25) is 9.36 Å². The second-order valence-corrected chi connectivity index (χ2v) is 4.68. The summed E-state index contributed by atoms with van der Waals surface area (Å²) in [5.74, 6) is -1.19. The Morgan fingerprint density at radius 1 is 1.50 bits per heavy atom. The molecule has 1 aliphatic carbocycles. The molecule has 0 radical (unpaired) electrons. The average Bonchev–Trinajstić information content (AvgIpc) is 3.08. The molecule has 0 spiro atoms. The van der Waals surface area contributed by atoms with Crippen molar-refractivity contribution in [3.8, 4) is 0 Å². The van der Waals surface area contributed by atoms with Gasteiger partial charge in [-0.1, -0.05) is 6.07 Å². The first kappa shape index (κ1) is 11.1. The van der Waals surface area contributed by atoms with E-state index < -0.39 is 17.1 Å². The number of aliphatic carboxylic acids is 1. The lowest BCUT2D eigenvalue weighted by atomic mass is 9.96. The molecule has 18 heavy (non-hydrogen) atoms. The normalized spacial score (nSPS) is 16.9. The highest BCUT2D eigenvalue weighted by molar-refractivity contribution is 5.87. The summed E-state index contributed by atoms with van der Waals surface area (Å²) in [5.41, 5.74) is 1.19. The second-order valence-electron chi connectivity index (χ2n) is 4.68. The van der Waals surface area contributed by atoms with Crippen molar-refractivity contribution in [2.75, 3.05) is 0 Å². The Bertz CT molecular complexity index is 691. The summed E-state index contributed by atoms with van der Waals surface area (Å²) in [6.07, 6.45) is 1.31. The van der Waals surface area contributed by atoms with Gasteiger partial charge < -0.3 is 9.52 Å². The first-order valence-corrected chi connectivity index (χ1v) is 5.96. The molecule has 1 N–H and O–H groups in total. The van der Waals surface area contributed by atoms with E-state index in [9.17, 15) is 14.7 Å². The van der Waals surface area contributed by atoms with Crippen LogP contribution in [0.3, 0.4) is 0 Å². The predicted octanol–water partition coefficient (Wildman–Crippen LogP) is 1.73. The van der Waals surface area contributed by atoms with Crippen LogP contribution in [-0.2, 0) is 16.8 Å². The van der Waals surface area contributed by atoms with E-state index in [1.165, 1.54) is 4.57 Å². The highest BCUT2D eigenvalue weighted by atomic mass is 16.4. The summed E-state index contributed by atoms with van der Waals surface area (Å²) in [5, 5.41) is 9.27. The molecule has 0 bridgehead atoms. The van der Waals surface area contributed by atoms with Gasteiger partial charge in [0.25, 0.3) is 0 Å². The lowest BCUT2D eigenvalue weighted by Gasteiger charge is -2.10. The fraction of sp³-hybridized carbons (Fsp3) is 0.385. The van der Waals surface area contributed by atoms with Crippen molar-refractivity contribution < 1.29 is 14.3 Å². The van der Waals surface area contributed by atoms with Gasteiger partial charge in [0.2, 0.25) is 0 Å². The molecule has 1 aliphatic rings. The molecule has 1 aromatic heterocycles. The topological polar surface area (TPSA) is 72.4 Å². The Labute approximate surface area is 103 Å². The SMILES string of the molecule is CCn1c(=O)oc2ccc(C3(C(=O)O)CC3)cc21. The number of carboxylic acid groups (broad SMARTS) is 1. The number of hydrogen-bond donors (Lipinski definition) is 1. The molecule has 1 aromatic carbocycles. The molecular weight excluding hydrogens is 234 g/mol. The Hall–Kier alpha value is -2.04. The lowest BCUT2D eigenvalue weighted by Crippen LogP contribution is -2.19. The molecule has 3 rings (SSSR count). The van der Waals surface area contributed by atoms with Gasteiger partial charge >= 0.3 is 11.7 Å². The van der Waals surface area contributed by atoms with E-state index in [0.717, 1.165) is 5.56 Å². The first-order valence-electron chi connectivity index (χ1n) is 5.96. The third-order valence-corrected chi connectivity index (χ3v) is 3.70. The maximum atomic E-state index is 11.6. The zero-order valence-electron chi connectivity index (χ0n) is 9.97. The van der Waals surface area contributed by atoms with Crippen LogP contribution < -0.4 is 5.76 Å². The monoisotopic (exact) mass is 247 g/mol. The van der Waals surface area contributed by atoms with Gasteiger partial charge in [-0.2, -0.15) is 0 Å². The number of oxazole rings is 1. The van der Waals surface area contributed by atoms with Gasteiger partial charge in [0, 0.05) is 6.54 Å². The maximum Gasteiger partial charge on any atom is 0.419 e. The van der Waals surface area contributed by atoms with Crippen molar-refractivity contribution in [2.45, 2.75) is 31.7 Å². The van der Waals surface area contributed by atoms with Crippen molar-refractivity contribution in [3.05, 3.63) is 34.3 Å². The Balaban J connectivity index is 2.22. The van der Waals surface area contributed by atoms with Gasteiger partial charge in [-0.05, 0) is 37.5 Å². The van der Waals surface area contributed by atoms with Crippen LogP contribution >= 0.6 is 0 Å². The molecule has 5 nitrogen and oxygen atoms in total. The van der Waals surface area contributed by atoms with Gasteiger partial charge in [0.1, 0.15) is 0 Å². The number of rotatable bonds is 3. The molecule has 0 unspecified atom stereocenters. The van der Waals surface area contributed by atoms with Gasteiger partial charge in [-0.15, -0.1) is 0 Å². The minimum Gasteiger partial charge on any atom is -0.481 e. The van der Waals surface area contributed by atoms with Crippen LogP contribution in [0.4, 0.5) is 0 Å². The molecule has 94 valence electrons. The van der Waals surface area contributed by atoms with E-state index in [4.69, 9.17) is 4.42 Å². The van der Waals surface area contributed by atoms with Crippen molar-refractivity contribution in [1.29, 1.82) is 0 Å². The number of aromatic nitrogens is 1. The first-order chi connectivity index (χ1) is 8.58. The summed E-state index contributed by atoms with van der Waals surface area (Å²) >= 11 is 0. The number of carboxylic acids is 1. The van der Waals surface area contributed by atoms with E-state index in [0.29, 0.717) is 30.5 Å². The van der Waals surface area contributed by atoms with Gasteiger partial charge in [0.15, 0.2) is 5.58 Å². The van der Waals surface area contributed by atoms with E-state index in [1.807, 2.05) is 6.92 Å². The van der Waals surface area contributed by atoms with E-state index in [-0.39, 0.29) is 0 Å². The van der Waals surface area contributed by atoms with Crippen LogP contribution in [0.15, 0.2) is 27.4 Å². The third kappa shape index (κ3) is 1.33. The van der Waals surface area contributed by atoms with E-state index in [2.05, 4.69) is 0 Å². The number of nitrogens with zero attached hydrogens (tertiary/aromatic N) is 1. The van der Waals surface area contributed by atoms with E-state index in [1.54, 1.807) is 18.2 Å². The number of carbonyl (C=O) groups is 1. The highest BCUT2D eigenvalue weighted by Crippen LogP contribution is 2.48. The van der Waals surface area contributed by atoms with Gasteiger partial charge in [0.05, 0.1) is 10.9 Å². The number of fused-ring (bicyclic) bond motifs is 1. The van der Waals surface area contributed by atoms with E-state index >= 15 is 0 Å². The molecule has 5 heteroatoms. The molecule has 0 atom stereocenters. The maximum absolute atomic E-state index is 11.6. The minimum atomic E-state index is -0.796. The quantitative estimate of drug-likeness (QED) is 0.896. The van der Waals surface area contributed by atoms with Crippen LogP contribution in [0.1, 0.15) is 25.3 Å². The average molecular weight is 247 g/mol. The fourth-order valence-corrected chi connectivity index (χ4v) is 2.41. The van der Waals surface area contributed by atoms with Crippen LogP contribution in [0.2, 0.25) is 0 Å². The number of aryl methyl sites for hydroxylation is 1. The molecule has 0 saturated heterocycles. The van der Waals surface area contributed by atoms with Crippen LogP contribution in [0, 0.1) is 0 Å². The minimum absolute atomic E-state index is 0.398. The fourth-order valence-electron chi connectivity index (χ4n) is 2.41. The largest absolute Gasteiger partial charge is 0.481 e. The van der Waals surface area contributed by atoms with Crippen LogP contribution in [-0.4, -0.2) is 15.6 Å². The summed E-state index contributed by atoms with van der Waals surface area (Å²) in [7, 11) is 0. The molecule has 0 amide bonds. The summed E-state index contributed by atoms with van der Waals surface area (Å²) in [6.45, 7) is 2.36. The van der Waals surface area contributed by atoms with Crippen molar-refractivity contribution in [3.63, 3.8) is 0 Å². The molecule has 1 fully saturated rings. The Kier molecular flexibility index (Phi) is 2.14. The smallest absolute Gasteiger partial charge is 0.419 e. The number of benzene rings is 1. The third-order valence-electron chi connectivity index (χ3n) is 3.70. The lowest BCUT2D eigenvalue weighted by molar-refractivity contribution is -0.140. The predicted molar refractivity (Wildman–Crippen MR) is 64.7 cm³/mol.